The molecule has 1 aromatic heterocycles. The summed E-state index contributed by atoms with van der Waals surface area (Å²) in [6, 6.07) is 9.06. The Morgan fingerprint density at radius 3 is 2.76 bits per heavy atom. The fourth-order valence-electron chi connectivity index (χ4n) is 1.77. The van der Waals surface area contributed by atoms with Crippen LogP contribution >= 0.6 is 0 Å². The molecule has 0 saturated heterocycles. The summed E-state index contributed by atoms with van der Waals surface area (Å²) in [7, 11) is 1.33. The molecule has 0 radical (unpaired) electrons. The van der Waals surface area contributed by atoms with E-state index in [0.717, 1.165) is 5.39 Å². The normalized spacial score (nSPS) is 12.4. The second-order valence-corrected chi connectivity index (χ2v) is 3.89. The molecule has 0 spiro atoms. The number of carbonyl (C=O) groups excluding carboxylic acids is 1. The Hall–Kier alpha value is -2.10. The lowest BCUT2D eigenvalue weighted by Gasteiger charge is -2.09. The van der Waals surface area contributed by atoms with Gasteiger partial charge in [-0.1, -0.05) is 18.2 Å². The van der Waals surface area contributed by atoms with Crippen LogP contribution in [0.5, 0.6) is 0 Å². The van der Waals surface area contributed by atoms with Gasteiger partial charge in [-0.25, -0.2) is 0 Å². The molecule has 0 amide bonds. The number of aromatic amines is 1. The van der Waals surface area contributed by atoms with Gasteiger partial charge >= 0.3 is 5.97 Å². The lowest BCUT2D eigenvalue weighted by molar-refractivity contribution is -0.142. The number of esters is 1. The second kappa shape index (κ2) is 4.41. The van der Waals surface area contributed by atoms with E-state index < -0.39 is 5.92 Å². The number of nitrogens with one attached hydrogen (secondary N) is 1. The largest absolute Gasteiger partial charge is 0.469 e. The van der Waals surface area contributed by atoms with Crippen LogP contribution in [0.2, 0.25) is 0 Å². The minimum Gasteiger partial charge on any atom is -0.469 e. The molecule has 2 aromatic rings. The van der Waals surface area contributed by atoms with Crippen molar-refractivity contribution >= 4 is 16.7 Å². The SMILES string of the molecule is COC(=O)C(C)c1cc2ccccc2c(=O)[nH]1. The lowest BCUT2D eigenvalue weighted by atomic mass is 10.0. The van der Waals surface area contributed by atoms with Gasteiger partial charge in [-0.2, -0.15) is 0 Å². The number of rotatable bonds is 2. The van der Waals surface area contributed by atoms with Crippen LogP contribution in [0.15, 0.2) is 35.1 Å². The number of ether oxygens (including phenoxy) is 1. The highest BCUT2D eigenvalue weighted by Gasteiger charge is 2.17. The van der Waals surface area contributed by atoms with Crippen LogP contribution in [-0.4, -0.2) is 18.1 Å². The van der Waals surface area contributed by atoms with Crippen molar-refractivity contribution < 1.29 is 9.53 Å². The molecule has 4 nitrogen and oxygen atoms in total. The number of aromatic nitrogens is 1. The van der Waals surface area contributed by atoms with Gasteiger partial charge in [0, 0.05) is 11.1 Å². The average molecular weight is 231 g/mol. The molecule has 1 unspecified atom stereocenters. The highest BCUT2D eigenvalue weighted by Crippen LogP contribution is 2.17. The van der Waals surface area contributed by atoms with Gasteiger partial charge in [0.2, 0.25) is 0 Å². The third-order valence-electron chi connectivity index (χ3n) is 2.80. The molecule has 0 aliphatic heterocycles. The molecular formula is C13H13NO3. The predicted molar refractivity (Wildman–Crippen MR) is 65.0 cm³/mol. The zero-order chi connectivity index (χ0) is 12.4. The highest BCUT2D eigenvalue weighted by atomic mass is 16.5. The van der Waals surface area contributed by atoms with Crippen molar-refractivity contribution in [1.29, 1.82) is 0 Å². The summed E-state index contributed by atoms with van der Waals surface area (Å²) < 4.78 is 4.66. The van der Waals surface area contributed by atoms with Crippen LogP contribution in [-0.2, 0) is 9.53 Å². The van der Waals surface area contributed by atoms with E-state index in [9.17, 15) is 9.59 Å². The number of hydrogen-bond acceptors (Lipinski definition) is 3. The number of carbonyl (C=O) groups is 1. The van der Waals surface area contributed by atoms with Gasteiger partial charge in [0.05, 0.1) is 13.0 Å². The molecule has 0 saturated carbocycles. The van der Waals surface area contributed by atoms with Crippen molar-refractivity contribution in [2.75, 3.05) is 7.11 Å². The molecule has 1 heterocycles. The quantitative estimate of drug-likeness (QED) is 0.802. The van der Waals surface area contributed by atoms with E-state index in [2.05, 4.69) is 9.72 Å². The molecule has 1 aromatic carbocycles. The fourth-order valence-corrected chi connectivity index (χ4v) is 1.77. The van der Waals surface area contributed by atoms with Crippen molar-refractivity contribution in [3.8, 4) is 0 Å². The number of methoxy groups -OCH3 is 1. The third-order valence-corrected chi connectivity index (χ3v) is 2.80. The standard InChI is InChI=1S/C13H13NO3/c1-8(13(16)17-2)11-7-9-5-3-4-6-10(9)12(15)14-11/h3-8H,1-2H3,(H,14,15). The summed E-state index contributed by atoms with van der Waals surface area (Å²) in [4.78, 5) is 25.9. The Kier molecular flexibility index (Phi) is 2.95. The van der Waals surface area contributed by atoms with E-state index in [-0.39, 0.29) is 11.5 Å². The van der Waals surface area contributed by atoms with Crippen LogP contribution in [0.1, 0.15) is 18.5 Å². The molecular weight excluding hydrogens is 218 g/mol. The van der Waals surface area contributed by atoms with E-state index in [1.165, 1.54) is 7.11 Å². The molecule has 0 aliphatic carbocycles. The van der Waals surface area contributed by atoms with Crippen molar-refractivity contribution in [1.82, 2.24) is 4.98 Å². The van der Waals surface area contributed by atoms with Crippen molar-refractivity contribution in [2.24, 2.45) is 0 Å². The Balaban J connectivity index is 2.58. The van der Waals surface area contributed by atoms with Crippen LogP contribution < -0.4 is 5.56 Å². The van der Waals surface area contributed by atoms with Gasteiger partial charge in [0.1, 0.15) is 0 Å². The zero-order valence-corrected chi connectivity index (χ0v) is 9.69. The van der Waals surface area contributed by atoms with Crippen LogP contribution in [0.3, 0.4) is 0 Å². The van der Waals surface area contributed by atoms with Crippen molar-refractivity contribution in [3.05, 3.63) is 46.4 Å². The second-order valence-electron chi connectivity index (χ2n) is 3.89. The van der Waals surface area contributed by atoms with E-state index in [4.69, 9.17) is 0 Å². The third kappa shape index (κ3) is 2.06. The number of benzene rings is 1. The van der Waals surface area contributed by atoms with Crippen LogP contribution in [0.25, 0.3) is 10.8 Å². The number of hydrogen-bond donors (Lipinski definition) is 1. The Labute approximate surface area is 98.2 Å². The number of pyridine rings is 1. The molecule has 1 atom stereocenters. The summed E-state index contributed by atoms with van der Waals surface area (Å²) in [5, 5.41) is 1.44. The van der Waals surface area contributed by atoms with Crippen molar-refractivity contribution in [3.63, 3.8) is 0 Å². The molecule has 17 heavy (non-hydrogen) atoms. The van der Waals surface area contributed by atoms with E-state index in [1.54, 1.807) is 25.1 Å². The predicted octanol–water partition coefficient (Wildman–Crippen LogP) is 1.80. The van der Waals surface area contributed by atoms with Gasteiger partial charge in [-0.15, -0.1) is 0 Å². The van der Waals surface area contributed by atoms with Crippen LogP contribution in [0.4, 0.5) is 0 Å². The van der Waals surface area contributed by atoms with E-state index in [1.807, 2.05) is 12.1 Å². The first kappa shape index (κ1) is 11.4. The Bertz CT molecular complexity index is 615. The first-order valence-electron chi connectivity index (χ1n) is 5.33. The molecule has 0 aliphatic rings. The van der Waals surface area contributed by atoms with Crippen molar-refractivity contribution in [2.45, 2.75) is 12.8 Å². The molecule has 0 bridgehead atoms. The topological polar surface area (TPSA) is 59.2 Å². The highest BCUT2D eigenvalue weighted by molar-refractivity contribution is 5.84. The molecule has 0 fully saturated rings. The Morgan fingerprint density at radius 1 is 1.35 bits per heavy atom. The molecule has 4 heteroatoms. The summed E-state index contributed by atoms with van der Waals surface area (Å²) >= 11 is 0. The number of H-pyrrole nitrogens is 1. The summed E-state index contributed by atoms with van der Waals surface area (Å²) in [5.41, 5.74) is 0.384. The van der Waals surface area contributed by atoms with E-state index in [0.29, 0.717) is 11.1 Å². The van der Waals surface area contributed by atoms with Gasteiger partial charge in [0.25, 0.3) is 5.56 Å². The smallest absolute Gasteiger partial charge is 0.314 e. The monoisotopic (exact) mass is 231 g/mol. The summed E-state index contributed by atoms with van der Waals surface area (Å²) in [6.45, 7) is 1.70. The van der Waals surface area contributed by atoms with Crippen LogP contribution in [0, 0.1) is 0 Å². The Morgan fingerprint density at radius 2 is 2.06 bits per heavy atom. The van der Waals surface area contributed by atoms with Gasteiger partial charge in [0.15, 0.2) is 0 Å². The molecule has 2 rings (SSSR count). The van der Waals surface area contributed by atoms with Gasteiger partial charge in [-0.05, 0) is 24.4 Å². The summed E-state index contributed by atoms with van der Waals surface area (Å²) in [5.74, 6) is -0.840. The lowest BCUT2D eigenvalue weighted by Crippen LogP contribution is -2.17. The van der Waals surface area contributed by atoms with Gasteiger partial charge < -0.3 is 9.72 Å². The van der Waals surface area contributed by atoms with Gasteiger partial charge in [-0.3, -0.25) is 9.59 Å². The summed E-state index contributed by atoms with van der Waals surface area (Å²) in [6.07, 6.45) is 0. The minimum atomic E-state index is -0.475. The zero-order valence-electron chi connectivity index (χ0n) is 9.69. The molecule has 88 valence electrons. The fraction of sp³-hybridized carbons (Fsp3) is 0.231. The first-order valence-corrected chi connectivity index (χ1v) is 5.33. The first-order chi connectivity index (χ1) is 8.13. The maximum Gasteiger partial charge on any atom is 0.314 e. The molecule has 1 N–H and O–H groups in total. The van der Waals surface area contributed by atoms with E-state index >= 15 is 0 Å². The minimum absolute atomic E-state index is 0.186. The average Bonchev–Trinajstić information content (AvgIpc) is 2.37. The number of fused-ring (bicyclic) bond motifs is 1. The maximum absolute atomic E-state index is 11.8. The maximum atomic E-state index is 11.8.